The molecule has 0 saturated carbocycles. The Morgan fingerprint density at radius 2 is 1.80 bits per heavy atom. The Hall–Kier alpha value is -2.92. The lowest BCUT2D eigenvalue weighted by Gasteiger charge is -2.11. The smallest absolute Gasteiger partial charge is 0.171 e. The van der Waals surface area contributed by atoms with E-state index < -0.39 is 0 Å². The number of anilines is 3. The third-order valence-corrected chi connectivity index (χ3v) is 3.85. The van der Waals surface area contributed by atoms with Crippen LogP contribution >= 0.6 is 12.2 Å². The van der Waals surface area contributed by atoms with Crippen LogP contribution in [0, 0.1) is 6.92 Å². The molecule has 3 N–H and O–H groups in total. The Balaban J connectivity index is 1.52. The number of rotatable bonds is 5. The van der Waals surface area contributed by atoms with Gasteiger partial charge in [0.25, 0.3) is 0 Å². The van der Waals surface area contributed by atoms with Crippen molar-refractivity contribution < 1.29 is 0 Å². The molecule has 0 radical (unpaired) electrons. The Bertz CT molecular complexity index is 832. The van der Waals surface area contributed by atoms with Gasteiger partial charge in [0.15, 0.2) is 5.11 Å². The quantitative estimate of drug-likeness (QED) is 0.587. The van der Waals surface area contributed by atoms with E-state index in [9.17, 15) is 0 Å². The van der Waals surface area contributed by atoms with E-state index in [1.807, 2.05) is 42.5 Å². The first-order chi connectivity index (χ1) is 12.2. The maximum Gasteiger partial charge on any atom is 0.171 e. The third-order valence-electron chi connectivity index (χ3n) is 3.61. The topological polar surface area (TPSA) is 49.0 Å². The van der Waals surface area contributed by atoms with Crippen LogP contribution in [0.1, 0.15) is 11.1 Å². The van der Waals surface area contributed by atoms with Gasteiger partial charge in [-0.1, -0.05) is 42.5 Å². The van der Waals surface area contributed by atoms with Crippen molar-refractivity contribution in [2.45, 2.75) is 13.5 Å². The Morgan fingerprint density at radius 3 is 2.52 bits per heavy atom. The van der Waals surface area contributed by atoms with Gasteiger partial charge in [-0.25, -0.2) is 4.98 Å². The van der Waals surface area contributed by atoms with Crippen molar-refractivity contribution in [2.24, 2.45) is 0 Å². The first-order valence-electron chi connectivity index (χ1n) is 8.07. The molecule has 5 heteroatoms. The largest absolute Gasteiger partial charge is 0.358 e. The van der Waals surface area contributed by atoms with Crippen LogP contribution in [-0.2, 0) is 6.54 Å². The summed E-state index contributed by atoms with van der Waals surface area (Å²) in [6, 6.07) is 22.2. The molecule has 3 aromatic rings. The molecule has 2 aromatic carbocycles. The highest BCUT2D eigenvalue weighted by Gasteiger charge is 2.00. The van der Waals surface area contributed by atoms with E-state index in [0.717, 1.165) is 17.2 Å². The summed E-state index contributed by atoms with van der Waals surface area (Å²) in [5.74, 6) is 0.791. The molecule has 3 rings (SSSR count). The standard InChI is InChI=1S/C20H20N4S/c1-15-6-5-9-17(12-15)23-19-11-10-18(14-21-19)24-20(25)22-13-16-7-3-2-4-8-16/h2-12,14H,13H2,1H3,(H,21,23)(H2,22,24,25). The van der Waals surface area contributed by atoms with Crippen LogP contribution in [0.25, 0.3) is 0 Å². The van der Waals surface area contributed by atoms with Crippen molar-refractivity contribution in [1.29, 1.82) is 0 Å². The van der Waals surface area contributed by atoms with E-state index >= 15 is 0 Å². The van der Waals surface area contributed by atoms with Gasteiger partial charge in [-0.3, -0.25) is 0 Å². The van der Waals surface area contributed by atoms with Crippen LogP contribution in [-0.4, -0.2) is 10.1 Å². The van der Waals surface area contributed by atoms with E-state index in [1.165, 1.54) is 11.1 Å². The molecule has 25 heavy (non-hydrogen) atoms. The summed E-state index contributed by atoms with van der Waals surface area (Å²) in [6.07, 6.45) is 1.76. The van der Waals surface area contributed by atoms with Crippen LogP contribution in [0.2, 0.25) is 0 Å². The number of hydrogen-bond acceptors (Lipinski definition) is 3. The van der Waals surface area contributed by atoms with E-state index in [2.05, 4.69) is 52.1 Å². The predicted octanol–water partition coefficient (Wildman–Crippen LogP) is 4.62. The molecule has 0 aliphatic carbocycles. The Labute approximate surface area is 153 Å². The minimum Gasteiger partial charge on any atom is -0.358 e. The van der Waals surface area contributed by atoms with Gasteiger partial charge in [-0.15, -0.1) is 0 Å². The molecule has 1 aromatic heterocycles. The van der Waals surface area contributed by atoms with E-state index in [4.69, 9.17) is 12.2 Å². The van der Waals surface area contributed by atoms with Gasteiger partial charge in [0, 0.05) is 12.2 Å². The highest BCUT2D eigenvalue weighted by atomic mass is 32.1. The minimum absolute atomic E-state index is 0.574. The van der Waals surface area contributed by atoms with Crippen LogP contribution in [0.5, 0.6) is 0 Å². The second-order valence-electron chi connectivity index (χ2n) is 5.72. The second kappa shape index (κ2) is 8.26. The summed E-state index contributed by atoms with van der Waals surface area (Å²) in [6.45, 7) is 2.75. The zero-order valence-corrected chi connectivity index (χ0v) is 14.8. The van der Waals surface area contributed by atoms with Crippen LogP contribution in [0.3, 0.4) is 0 Å². The van der Waals surface area contributed by atoms with Crippen molar-refractivity contribution in [3.05, 3.63) is 84.1 Å². The van der Waals surface area contributed by atoms with Gasteiger partial charge in [-0.05, 0) is 54.5 Å². The zero-order valence-electron chi connectivity index (χ0n) is 14.0. The maximum atomic E-state index is 5.32. The fraction of sp³-hybridized carbons (Fsp3) is 0.100. The van der Waals surface area contributed by atoms with Gasteiger partial charge in [0.1, 0.15) is 5.82 Å². The van der Waals surface area contributed by atoms with Crippen molar-refractivity contribution >= 4 is 34.5 Å². The number of pyridine rings is 1. The molecule has 1 heterocycles. The first-order valence-corrected chi connectivity index (χ1v) is 8.48. The van der Waals surface area contributed by atoms with Crippen molar-refractivity contribution in [2.75, 3.05) is 10.6 Å². The maximum absolute atomic E-state index is 5.32. The molecule has 126 valence electrons. The molecule has 0 unspecified atom stereocenters. The van der Waals surface area contributed by atoms with E-state index in [0.29, 0.717) is 11.7 Å². The lowest BCUT2D eigenvalue weighted by molar-refractivity contribution is 0.926. The summed E-state index contributed by atoms with van der Waals surface area (Å²) >= 11 is 5.32. The van der Waals surface area contributed by atoms with Crippen molar-refractivity contribution in [3.63, 3.8) is 0 Å². The molecule has 0 fully saturated rings. The van der Waals surface area contributed by atoms with Gasteiger partial charge >= 0.3 is 0 Å². The highest BCUT2D eigenvalue weighted by Crippen LogP contribution is 2.17. The number of nitrogens with one attached hydrogen (secondary N) is 3. The number of thiocarbonyl (C=S) groups is 1. The summed E-state index contributed by atoms with van der Waals surface area (Å²) in [7, 11) is 0. The number of nitrogens with zero attached hydrogens (tertiary/aromatic N) is 1. The van der Waals surface area contributed by atoms with Crippen LogP contribution in [0.15, 0.2) is 72.9 Å². The van der Waals surface area contributed by atoms with E-state index in [-0.39, 0.29) is 0 Å². The molecular formula is C20H20N4S. The fourth-order valence-electron chi connectivity index (χ4n) is 2.37. The van der Waals surface area contributed by atoms with Gasteiger partial charge in [0.2, 0.25) is 0 Å². The van der Waals surface area contributed by atoms with E-state index in [1.54, 1.807) is 6.20 Å². The summed E-state index contributed by atoms with van der Waals surface area (Å²) < 4.78 is 0. The van der Waals surface area contributed by atoms with Crippen molar-refractivity contribution in [3.8, 4) is 0 Å². The van der Waals surface area contributed by atoms with Gasteiger partial charge in [0.05, 0.1) is 11.9 Å². The number of aromatic nitrogens is 1. The average Bonchev–Trinajstić information content (AvgIpc) is 2.63. The Morgan fingerprint density at radius 1 is 0.960 bits per heavy atom. The molecule has 0 atom stereocenters. The average molecular weight is 348 g/mol. The summed E-state index contributed by atoms with van der Waals surface area (Å²) in [4.78, 5) is 4.41. The Kier molecular flexibility index (Phi) is 5.59. The highest BCUT2D eigenvalue weighted by molar-refractivity contribution is 7.80. The molecule has 0 spiro atoms. The molecule has 0 saturated heterocycles. The lowest BCUT2D eigenvalue weighted by Crippen LogP contribution is -2.27. The fourth-order valence-corrected chi connectivity index (χ4v) is 2.56. The normalized spacial score (nSPS) is 10.1. The molecule has 0 aliphatic rings. The summed E-state index contributed by atoms with van der Waals surface area (Å²) in [5, 5.41) is 10.2. The molecule has 4 nitrogen and oxygen atoms in total. The summed E-state index contributed by atoms with van der Waals surface area (Å²) in [5.41, 5.74) is 4.26. The number of hydrogen-bond donors (Lipinski definition) is 3. The number of aryl methyl sites for hydroxylation is 1. The lowest BCUT2D eigenvalue weighted by atomic mass is 10.2. The first kappa shape index (κ1) is 16.9. The molecule has 0 bridgehead atoms. The molecule has 0 aliphatic heterocycles. The third kappa shape index (κ3) is 5.29. The van der Waals surface area contributed by atoms with Crippen LogP contribution < -0.4 is 16.0 Å². The van der Waals surface area contributed by atoms with Gasteiger partial charge in [-0.2, -0.15) is 0 Å². The number of benzene rings is 2. The minimum atomic E-state index is 0.574. The monoisotopic (exact) mass is 348 g/mol. The van der Waals surface area contributed by atoms with Crippen molar-refractivity contribution in [1.82, 2.24) is 10.3 Å². The van der Waals surface area contributed by atoms with Crippen LogP contribution in [0.4, 0.5) is 17.2 Å². The predicted molar refractivity (Wildman–Crippen MR) is 108 cm³/mol. The second-order valence-corrected chi connectivity index (χ2v) is 6.13. The van der Waals surface area contributed by atoms with Gasteiger partial charge < -0.3 is 16.0 Å². The molecule has 0 amide bonds. The zero-order chi connectivity index (χ0) is 17.5. The SMILES string of the molecule is Cc1cccc(Nc2ccc(NC(=S)NCc3ccccc3)cn2)c1. The molecular weight excluding hydrogens is 328 g/mol.